The average Bonchev–Trinajstić information content (AvgIpc) is 3.33. The van der Waals surface area contributed by atoms with Crippen LogP contribution in [0.4, 0.5) is 0 Å². The molecule has 0 spiro atoms. The quantitative estimate of drug-likeness (QED) is 0.759. The second kappa shape index (κ2) is 7.98. The molecular weight excluding hydrogens is 330 g/mol. The van der Waals surface area contributed by atoms with Crippen molar-refractivity contribution < 1.29 is 18.9 Å². The molecule has 2 aliphatic rings. The molecule has 1 saturated heterocycles. The summed E-state index contributed by atoms with van der Waals surface area (Å²) in [7, 11) is 1.70. The second-order valence-corrected chi connectivity index (χ2v) is 6.81. The molecule has 0 saturated carbocycles. The highest BCUT2D eigenvalue weighted by molar-refractivity contribution is 5.51. The highest BCUT2D eigenvalue weighted by Gasteiger charge is 2.23. The van der Waals surface area contributed by atoms with Crippen LogP contribution in [0.1, 0.15) is 24.0 Å². The summed E-state index contributed by atoms with van der Waals surface area (Å²) in [5.74, 6) is 2.37. The van der Waals surface area contributed by atoms with Gasteiger partial charge in [-0.15, -0.1) is 0 Å². The third-order valence-electron chi connectivity index (χ3n) is 4.90. The lowest BCUT2D eigenvalue weighted by molar-refractivity contribution is 0.0676. The van der Waals surface area contributed by atoms with E-state index in [0.717, 1.165) is 61.9 Å². The van der Waals surface area contributed by atoms with Gasteiger partial charge in [-0.25, -0.2) is 0 Å². The molecule has 0 bridgehead atoms. The Hall–Kier alpha value is -2.24. The topological polar surface area (TPSA) is 40.2 Å². The van der Waals surface area contributed by atoms with Gasteiger partial charge in [0.25, 0.3) is 0 Å². The van der Waals surface area contributed by atoms with E-state index in [0.29, 0.717) is 6.10 Å². The summed E-state index contributed by atoms with van der Waals surface area (Å²) in [5, 5.41) is 0. The third kappa shape index (κ3) is 3.94. The number of benzene rings is 2. The zero-order valence-electron chi connectivity index (χ0n) is 15.1. The third-order valence-corrected chi connectivity index (χ3v) is 4.90. The fraction of sp³-hybridized carbons (Fsp3) is 0.429. The van der Waals surface area contributed by atoms with Crippen molar-refractivity contribution in [2.45, 2.75) is 32.0 Å². The second-order valence-electron chi connectivity index (χ2n) is 6.81. The molecule has 0 radical (unpaired) electrons. The standard InChI is InChI=1S/C21H25NO4/c1-23-19-11-21-20(25-15-26-21)10-17(19)13-22(14-18-8-5-9-24-18)12-16-6-3-2-4-7-16/h2-4,6-7,10-11,18H,5,8-9,12-15H2,1H3/t18-/m0/s1. The Bertz CT molecular complexity index is 728. The Morgan fingerprint density at radius 3 is 2.62 bits per heavy atom. The van der Waals surface area contributed by atoms with Crippen LogP contribution in [0.5, 0.6) is 17.2 Å². The van der Waals surface area contributed by atoms with Crippen LogP contribution >= 0.6 is 0 Å². The Labute approximate surface area is 154 Å². The van der Waals surface area contributed by atoms with Crippen molar-refractivity contribution in [1.29, 1.82) is 0 Å². The minimum absolute atomic E-state index is 0.269. The van der Waals surface area contributed by atoms with Crippen LogP contribution in [0.15, 0.2) is 42.5 Å². The minimum atomic E-state index is 0.269. The van der Waals surface area contributed by atoms with E-state index in [2.05, 4.69) is 35.2 Å². The summed E-state index contributed by atoms with van der Waals surface area (Å²) in [6.45, 7) is 3.70. The lowest BCUT2D eigenvalue weighted by Gasteiger charge is -2.26. The van der Waals surface area contributed by atoms with Crippen LogP contribution in [-0.2, 0) is 17.8 Å². The molecule has 4 rings (SSSR count). The number of hydrogen-bond acceptors (Lipinski definition) is 5. The largest absolute Gasteiger partial charge is 0.496 e. The maximum Gasteiger partial charge on any atom is 0.231 e. The van der Waals surface area contributed by atoms with E-state index in [-0.39, 0.29) is 6.79 Å². The molecule has 0 aromatic heterocycles. The fourth-order valence-corrected chi connectivity index (χ4v) is 3.62. The first-order valence-electron chi connectivity index (χ1n) is 9.16. The molecule has 26 heavy (non-hydrogen) atoms. The Kier molecular flexibility index (Phi) is 5.27. The first-order valence-corrected chi connectivity index (χ1v) is 9.16. The molecule has 2 aliphatic heterocycles. The molecule has 138 valence electrons. The molecular formula is C21H25NO4. The molecule has 0 unspecified atom stereocenters. The first kappa shape index (κ1) is 17.2. The highest BCUT2D eigenvalue weighted by Crippen LogP contribution is 2.38. The smallest absolute Gasteiger partial charge is 0.231 e. The van der Waals surface area contributed by atoms with E-state index in [4.69, 9.17) is 18.9 Å². The van der Waals surface area contributed by atoms with Crippen molar-refractivity contribution in [3.63, 3.8) is 0 Å². The summed E-state index contributed by atoms with van der Waals surface area (Å²) in [6.07, 6.45) is 2.58. The van der Waals surface area contributed by atoms with E-state index < -0.39 is 0 Å². The minimum Gasteiger partial charge on any atom is -0.496 e. The van der Waals surface area contributed by atoms with Gasteiger partial charge < -0.3 is 18.9 Å². The van der Waals surface area contributed by atoms with Gasteiger partial charge in [-0.3, -0.25) is 4.90 Å². The molecule has 0 aliphatic carbocycles. The monoisotopic (exact) mass is 355 g/mol. The van der Waals surface area contributed by atoms with Crippen molar-refractivity contribution in [3.8, 4) is 17.2 Å². The maximum absolute atomic E-state index is 5.87. The van der Waals surface area contributed by atoms with Gasteiger partial charge in [0.2, 0.25) is 6.79 Å². The van der Waals surface area contributed by atoms with Gasteiger partial charge in [-0.2, -0.15) is 0 Å². The molecule has 1 atom stereocenters. The van der Waals surface area contributed by atoms with E-state index in [1.165, 1.54) is 5.56 Å². The van der Waals surface area contributed by atoms with Gasteiger partial charge in [0.05, 0.1) is 13.2 Å². The van der Waals surface area contributed by atoms with Crippen molar-refractivity contribution in [2.75, 3.05) is 27.1 Å². The van der Waals surface area contributed by atoms with E-state index >= 15 is 0 Å². The van der Waals surface area contributed by atoms with E-state index in [9.17, 15) is 0 Å². The van der Waals surface area contributed by atoms with Gasteiger partial charge in [-0.05, 0) is 24.5 Å². The van der Waals surface area contributed by atoms with Crippen molar-refractivity contribution in [2.24, 2.45) is 0 Å². The number of rotatable bonds is 7. The highest BCUT2D eigenvalue weighted by atomic mass is 16.7. The zero-order chi connectivity index (χ0) is 17.8. The van der Waals surface area contributed by atoms with E-state index in [1.54, 1.807) is 7.11 Å². The Balaban J connectivity index is 1.55. The summed E-state index contributed by atoms with van der Waals surface area (Å²) < 4.78 is 22.5. The average molecular weight is 355 g/mol. The number of ether oxygens (including phenoxy) is 4. The summed E-state index contributed by atoms with van der Waals surface area (Å²) in [4.78, 5) is 2.42. The molecule has 5 heteroatoms. The van der Waals surface area contributed by atoms with Crippen LogP contribution in [0.2, 0.25) is 0 Å². The van der Waals surface area contributed by atoms with Gasteiger partial charge in [0, 0.05) is 37.9 Å². The number of hydrogen-bond donors (Lipinski definition) is 0. The van der Waals surface area contributed by atoms with Crippen LogP contribution in [-0.4, -0.2) is 38.1 Å². The number of nitrogens with zero attached hydrogens (tertiary/aromatic N) is 1. The number of fused-ring (bicyclic) bond motifs is 1. The van der Waals surface area contributed by atoms with Crippen LogP contribution < -0.4 is 14.2 Å². The molecule has 2 heterocycles. The van der Waals surface area contributed by atoms with Crippen molar-refractivity contribution in [3.05, 3.63) is 53.6 Å². The predicted octanol–water partition coefficient (Wildman–Crippen LogP) is 3.61. The fourth-order valence-electron chi connectivity index (χ4n) is 3.62. The number of methoxy groups -OCH3 is 1. The molecule has 0 N–H and O–H groups in total. The molecule has 2 aromatic rings. The first-order chi connectivity index (χ1) is 12.8. The molecule has 2 aromatic carbocycles. The van der Waals surface area contributed by atoms with Gasteiger partial charge in [0.15, 0.2) is 11.5 Å². The molecule has 5 nitrogen and oxygen atoms in total. The summed E-state index contributed by atoms with van der Waals surface area (Å²) >= 11 is 0. The van der Waals surface area contributed by atoms with Crippen molar-refractivity contribution in [1.82, 2.24) is 4.90 Å². The predicted molar refractivity (Wildman–Crippen MR) is 98.6 cm³/mol. The zero-order valence-corrected chi connectivity index (χ0v) is 15.1. The van der Waals surface area contributed by atoms with Crippen LogP contribution in [0.25, 0.3) is 0 Å². The molecule has 0 amide bonds. The lowest BCUT2D eigenvalue weighted by atomic mass is 10.1. The van der Waals surface area contributed by atoms with E-state index in [1.807, 2.05) is 12.1 Å². The van der Waals surface area contributed by atoms with Crippen LogP contribution in [0, 0.1) is 0 Å². The normalized spacial score (nSPS) is 18.5. The SMILES string of the molecule is COc1cc2c(cc1CN(Cc1ccccc1)C[C@@H]1CCCO1)OCO2. The van der Waals surface area contributed by atoms with Crippen LogP contribution in [0.3, 0.4) is 0 Å². The van der Waals surface area contributed by atoms with Gasteiger partial charge in [-0.1, -0.05) is 30.3 Å². The van der Waals surface area contributed by atoms with Gasteiger partial charge in [0.1, 0.15) is 5.75 Å². The maximum atomic E-state index is 5.87. The summed E-state index contributed by atoms with van der Waals surface area (Å²) in [6, 6.07) is 14.5. The van der Waals surface area contributed by atoms with Gasteiger partial charge >= 0.3 is 0 Å². The Morgan fingerprint density at radius 1 is 1.08 bits per heavy atom. The molecule has 1 fully saturated rings. The summed E-state index contributed by atoms with van der Waals surface area (Å²) in [5.41, 5.74) is 2.40. The Morgan fingerprint density at radius 2 is 1.88 bits per heavy atom. The van der Waals surface area contributed by atoms with Crippen molar-refractivity contribution >= 4 is 0 Å². The lowest BCUT2D eigenvalue weighted by Crippen LogP contribution is -2.31.